The van der Waals surface area contributed by atoms with E-state index in [0.29, 0.717) is 11.7 Å². The van der Waals surface area contributed by atoms with Crippen LogP contribution in [0, 0.1) is 0 Å². The van der Waals surface area contributed by atoms with E-state index in [0.717, 1.165) is 25.9 Å². The zero-order chi connectivity index (χ0) is 13.9. The van der Waals surface area contributed by atoms with Gasteiger partial charge in [-0.15, -0.1) is 0 Å². The van der Waals surface area contributed by atoms with Crippen LogP contribution in [0.5, 0.6) is 0 Å². The minimum absolute atomic E-state index is 0.167. The summed E-state index contributed by atoms with van der Waals surface area (Å²) in [5, 5.41) is 10.5. The van der Waals surface area contributed by atoms with Crippen molar-refractivity contribution in [1.82, 2.24) is 15.1 Å². The van der Waals surface area contributed by atoms with Crippen molar-refractivity contribution in [3.05, 3.63) is 12.4 Å². The zero-order valence-corrected chi connectivity index (χ0v) is 11.8. The Morgan fingerprint density at radius 2 is 2.21 bits per heavy atom. The highest BCUT2D eigenvalue weighted by atomic mass is 16.5. The predicted octanol–water partition coefficient (Wildman–Crippen LogP) is 1.17. The number of anilines is 1. The van der Waals surface area contributed by atoms with Gasteiger partial charge in [-0.1, -0.05) is 0 Å². The molecule has 1 aromatic heterocycles. The van der Waals surface area contributed by atoms with Crippen molar-refractivity contribution >= 4 is 11.6 Å². The van der Waals surface area contributed by atoms with E-state index in [1.165, 1.54) is 7.11 Å². The summed E-state index contributed by atoms with van der Waals surface area (Å²) in [6, 6.07) is 0.419. The van der Waals surface area contributed by atoms with Crippen molar-refractivity contribution in [3.8, 4) is 0 Å². The predicted molar refractivity (Wildman–Crippen MR) is 73.1 cm³/mol. The standard InChI is InChI=1S/C13H22N4O2/c1-13(2,19-3)12(18)16-10-8-15-17(9-10)11-4-6-14-7-5-11/h8-9,11,14H,4-7H2,1-3H3,(H,16,18). The first-order valence-electron chi connectivity index (χ1n) is 6.64. The van der Waals surface area contributed by atoms with Crippen LogP contribution in [0.4, 0.5) is 5.69 Å². The molecule has 0 aliphatic carbocycles. The molecule has 2 N–H and O–H groups in total. The van der Waals surface area contributed by atoms with Crippen molar-refractivity contribution < 1.29 is 9.53 Å². The number of carbonyl (C=O) groups is 1. The Morgan fingerprint density at radius 1 is 1.53 bits per heavy atom. The van der Waals surface area contributed by atoms with Crippen LogP contribution >= 0.6 is 0 Å². The number of carbonyl (C=O) groups excluding carboxylic acids is 1. The van der Waals surface area contributed by atoms with Crippen molar-refractivity contribution in [3.63, 3.8) is 0 Å². The maximum absolute atomic E-state index is 12.0. The van der Waals surface area contributed by atoms with Gasteiger partial charge in [0.2, 0.25) is 0 Å². The highest BCUT2D eigenvalue weighted by Gasteiger charge is 2.27. The second kappa shape index (κ2) is 5.71. The number of hydrogen-bond acceptors (Lipinski definition) is 4. The van der Waals surface area contributed by atoms with Crippen LogP contribution in [0.15, 0.2) is 12.4 Å². The molecule has 2 rings (SSSR count). The van der Waals surface area contributed by atoms with Crippen LogP contribution < -0.4 is 10.6 Å². The van der Waals surface area contributed by atoms with Crippen LogP contribution in [0.2, 0.25) is 0 Å². The first-order chi connectivity index (χ1) is 9.03. The largest absolute Gasteiger partial charge is 0.369 e. The van der Waals surface area contributed by atoms with Crippen molar-refractivity contribution in [2.24, 2.45) is 0 Å². The van der Waals surface area contributed by atoms with E-state index in [9.17, 15) is 4.79 Å². The Hall–Kier alpha value is -1.40. The van der Waals surface area contributed by atoms with Crippen LogP contribution in [-0.2, 0) is 9.53 Å². The molecule has 0 atom stereocenters. The fraction of sp³-hybridized carbons (Fsp3) is 0.692. The van der Waals surface area contributed by atoms with E-state index >= 15 is 0 Å². The minimum Gasteiger partial charge on any atom is -0.369 e. The van der Waals surface area contributed by atoms with E-state index in [1.54, 1.807) is 20.0 Å². The topological polar surface area (TPSA) is 68.2 Å². The Kier molecular flexibility index (Phi) is 4.21. The van der Waals surface area contributed by atoms with Gasteiger partial charge in [0.05, 0.1) is 17.9 Å². The van der Waals surface area contributed by atoms with Crippen LogP contribution in [0.1, 0.15) is 32.7 Å². The molecule has 1 aromatic rings. The Balaban J connectivity index is 1.99. The lowest BCUT2D eigenvalue weighted by Gasteiger charge is -2.23. The van der Waals surface area contributed by atoms with Gasteiger partial charge in [0.25, 0.3) is 5.91 Å². The summed E-state index contributed by atoms with van der Waals surface area (Å²) in [6.45, 7) is 5.50. The molecule has 0 unspecified atom stereocenters. The lowest BCUT2D eigenvalue weighted by molar-refractivity contribution is -0.133. The summed E-state index contributed by atoms with van der Waals surface area (Å²) in [5.41, 5.74) is -0.120. The van der Waals surface area contributed by atoms with Gasteiger partial charge in [-0.3, -0.25) is 9.48 Å². The molecule has 2 heterocycles. The van der Waals surface area contributed by atoms with Crippen molar-refractivity contribution in [2.75, 3.05) is 25.5 Å². The van der Waals surface area contributed by atoms with Crippen LogP contribution in [0.25, 0.3) is 0 Å². The molecule has 1 saturated heterocycles. The smallest absolute Gasteiger partial charge is 0.256 e. The molecule has 1 aliphatic heterocycles. The molecule has 0 radical (unpaired) electrons. The second-order valence-electron chi connectivity index (χ2n) is 5.36. The molecule has 0 bridgehead atoms. The Labute approximate surface area is 113 Å². The monoisotopic (exact) mass is 266 g/mol. The summed E-state index contributed by atoms with van der Waals surface area (Å²) in [5.74, 6) is -0.167. The molecule has 1 aliphatic rings. The van der Waals surface area contributed by atoms with Gasteiger partial charge in [-0.2, -0.15) is 5.10 Å². The number of nitrogens with zero attached hydrogens (tertiary/aromatic N) is 2. The third-order valence-corrected chi connectivity index (χ3v) is 3.60. The van der Waals surface area contributed by atoms with Crippen LogP contribution in [0.3, 0.4) is 0 Å². The fourth-order valence-electron chi connectivity index (χ4n) is 2.05. The van der Waals surface area contributed by atoms with Gasteiger partial charge in [-0.25, -0.2) is 0 Å². The van der Waals surface area contributed by atoms with Gasteiger partial charge in [-0.05, 0) is 39.8 Å². The Morgan fingerprint density at radius 3 is 2.84 bits per heavy atom. The first-order valence-corrected chi connectivity index (χ1v) is 6.64. The maximum Gasteiger partial charge on any atom is 0.256 e. The number of methoxy groups -OCH3 is 1. The first kappa shape index (κ1) is 14.0. The van der Waals surface area contributed by atoms with E-state index in [1.807, 2.05) is 10.9 Å². The highest BCUT2D eigenvalue weighted by Crippen LogP contribution is 2.20. The molecule has 6 heteroatoms. The van der Waals surface area contributed by atoms with Crippen LogP contribution in [-0.4, -0.2) is 41.5 Å². The summed E-state index contributed by atoms with van der Waals surface area (Å²) in [4.78, 5) is 12.0. The molecule has 0 spiro atoms. The molecule has 0 aromatic carbocycles. The molecule has 1 amide bonds. The number of piperidine rings is 1. The van der Waals surface area contributed by atoms with Gasteiger partial charge < -0.3 is 15.4 Å². The normalized spacial score (nSPS) is 17.4. The lowest BCUT2D eigenvalue weighted by Crippen LogP contribution is -2.38. The molecular weight excluding hydrogens is 244 g/mol. The van der Waals surface area contributed by atoms with Crippen molar-refractivity contribution in [1.29, 1.82) is 0 Å². The number of amides is 1. The minimum atomic E-state index is -0.836. The number of ether oxygens (including phenoxy) is 1. The molecule has 6 nitrogen and oxygen atoms in total. The van der Waals surface area contributed by atoms with Gasteiger partial charge in [0.1, 0.15) is 5.60 Å². The number of nitrogens with one attached hydrogen (secondary N) is 2. The summed E-state index contributed by atoms with van der Waals surface area (Å²) in [7, 11) is 1.53. The van der Waals surface area contributed by atoms with E-state index < -0.39 is 5.60 Å². The van der Waals surface area contributed by atoms with Gasteiger partial charge >= 0.3 is 0 Å². The summed E-state index contributed by atoms with van der Waals surface area (Å²) in [6.07, 6.45) is 5.71. The van der Waals surface area contributed by atoms with Gasteiger partial charge in [0, 0.05) is 13.3 Å². The summed E-state index contributed by atoms with van der Waals surface area (Å²) < 4.78 is 7.09. The highest BCUT2D eigenvalue weighted by molar-refractivity contribution is 5.96. The third kappa shape index (κ3) is 3.33. The second-order valence-corrected chi connectivity index (χ2v) is 5.36. The lowest BCUT2D eigenvalue weighted by atomic mass is 10.1. The molecular formula is C13H22N4O2. The number of aromatic nitrogens is 2. The quantitative estimate of drug-likeness (QED) is 0.858. The fourth-order valence-corrected chi connectivity index (χ4v) is 2.05. The van der Waals surface area contributed by atoms with Gasteiger partial charge in [0.15, 0.2) is 0 Å². The number of hydrogen-bond donors (Lipinski definition) is 2. The zero-order valence-electron chi connectivity index (χ0n) is 11.8. The third-order valence-electron chi connectivity index (χ3n) is 3.60. The van der Waals surface area contributed by atoms with E-state index in [-0.39, 0.29) is 5.91 Å². The molecule has 0 saturated carbocycles. The van der Waals surface area contributed by atoms with E-state index in [2.05, 4.69) is 15.7 Å². The molecule has 1 fully saturated rings. The maximum atomic E-state index is 12.0. The van der Waals surface area contributed by atoms with Crippen molar-refractivity contribution in [2.45, 2.75) is 38.3 Å². The molecule has 19 heavy (non-hydrogen) atoms. The summed E-state index contributed by atoms with van der Waals surface area (Å²) >= 11 is 0. The number of rotatable bonds is 4. The Bertz CT molecular complexity index is 436. The average molecular weight is 266 g/mol. The SMILES string of the molecule is COC(C)(C)C(=O)Nc1cnn(C2CCNCC2)c1. The average Bonchev–Trinajstić information content (AvgIpc) is 2.88. The molecule has 106 valence electrons. The van der Waals surface area contributed by atoms with E-state index in [4.69, 9.17) is 4.74 Å².